The van der Waals surface area contributed by atoms with Crippen molar-refractivity contribution in [3.05, 3.63) is 29.8 Å². The van der Waals surface area contributed by atoms with Crippen LogP contribution < -0.4 is 4.74 Å². The second-order valence-corrected chi connectivity index (χ2v) is 4.54. The fraction of sp³-hybridized carbons (Fsp3) is 0.462. The molecule has 0 atom stereocenters. The zero-order chi connectivity index (χ0) is 11.8. The van der Waals surface area contributed by atoms with Gasteiger partial charge in [0.1, 0.15) is 5.75 Å². The van der Waals surface area contributed by atoms with Crippen molar-refractivity contribution >= 4 is 17.5 Å². The van der Waals surface area contributed by atoms with Crippen molar-refractivity contribution in [1.82, 2.24) is 0 Å². The molecule has 0 spiro atoms. The van der Waals surface area contributed by atoms with Crippen LogP contribution in [-0.2, 0) is 0 Å². The molecule has 0 aliphatic heterocycles. The smallest absolute Gasteiger partial charge is 0.172 e. The van der Waals surface area contributed by atoms with Gasteiger partial charge in [0.2, 0.25) is 0 Å². The zero-order valence-electron chi connectivity index (χ0n) is 9.86. The first kappa shape index (κ1) is 13.1. The van der Waals surface area contributed by atoms with Gasteiger partial charge in [-0.05, 0) is 43.4 Å². The van der Waals surface area contributed by atoms with Gasteiger partial charge in [0.15, 0.2) is 5.78 Å². The summed E-state index contributed by atoms with van der Waals surface area (Å²) in [7, 11) is 0. The van der Waals surface area contributed by atoms with Crippen molar-refractivity contribution in [1.29, 1.82) is 0 Å². The number of thioether (sulfide) groups is 1. The van der Waals surface area contributed by atoms with Crippen LogP contribution in [0.5, 0.6) is 5.75 Å². The molecule has 0 unspecified atom stereocenters. The Hall–Kier alpha value is -0.960. The van der Waals surface area contributed by atoms with Gasteiger partial charge in [-0.3, -0.25) is 4.79 Å². The number of hydrogen-bond acceptors (Lipinski definition) is 3. The number of carbonyl (C=O) groups is 1. The predicted octanol–water partition coefficient (Wildman–Crippen LogP) is 3.41. The summed E-state index contributed by atoms with van der Waals surface area (Å²) >= 11 is 1.69. The van der Waals surface area contributed by atoms with Gasteiger partial charge in [-0.1, -0.05) is 6.92 Å². The van der Waals surface area contributed by atoms with Crippen LogP contribution in [0.1, 0.15) is 30.6 Å². The van der Waals surface area contributed by atoms with E-state index in [-0.39, 0.29) is 5.78 Å². The summed E-state index contributed by atoms with van der Waals surface area (Å²) in [5.41, 5.74) is 0.770. The van der Waals surface area contributed by atoms with Crippen LogP contribution in [0.4, 0.5) is 0 Å². The molecule has 0 bridgehead atoms. The van der Waals surface area contributed by atoms with E-state index in [2.05, 4.69) is 6.92 Å². The topological polar surface area (TPSA) is 26.3 Å². The van der Waals surface area contributed by atoms with Crippen LogP contribution in [-0.4, -0.2) is 23.9 Å². The highest BCUT2D eigenvalue weighted by Crippen LogP contribution is 2.14. The molecule has 0 heterocycles. The average Bonchev–Trinajstić information content (AvgIpc) is 2.30. The third kappa shape index (κ3) is 4.27. The number of ether oxygens (including phenoxy) is 1. The van der Waals surface area contributed by atoms with Gasteiger partial charge in [-0.15, -0.1) is 0 Å². The van der Waals surface area contributed by atoms with Gasteiger partial charge in [-0.2, -0.15) is 11.8 Å². The van der Waals surface area contributed by atoms with E-state index in [1.54, 1.807) is 11.8 Å². The second-order valence-electron chi connectivity index (χ2n) is 3.43. The molecule has 0 aliphatic carbocycles. The van der Waals surface area contributed by atoms with Gasteiger partial charge in [0.05, 0.1) is 12.4 Å². The Balaban J connectivity index is 2.49. The second kappa shape index (κ2) is 7.34. The fourth-order valence-corrected chi connectivity index (χ4v) is 2.08. The van der Waals surface area contributed by atoms with Crippen LogP contribution in [0, 0.1) is 0 Å². The van der Waals surface area contributed by atoms with Crippen LogP contribution >= 0.6 is 11.8 Å². The molecule has 16 heavy (non-hydrogen) atoms. The molecule has 88 valence electrons. The molecule has 0 saturated carbocycles. The molecular formula is C13H18O2S. The number of hydrogen-bond donors (Lipinski definition) is 0. The number of Topliss-reactive ketones (excluding diaryl/α,β-unsaturated/α-hetero) is 1. The van der Waals surface area contributed by atoms with E-state index in [9.17, 15) is 4.79 Å². The Morgan fingerprint density at radius 2 is 1.94 bits per heavy atom. The quantitative estimate of drug-likeness (QED) is 0.538. The van der Waals surface area contributed by atoms with E-state index < -0.39 is 0 Å². The molecular weight excluding hydrogens is 220 g/mol. The molecule has 0 N–H and O–H groups in total. The average molecular weight is 238 g/mol. The summed E-state index contributed by atoms with van der Waals surface area (Å²) in [5.74, 6) is 2.63. The highest BCUT2D eigenvalue weighted by atomic mass is 32.2. The van der Waals surface area contributed by atoms with Crippen LogP contribution in [0.2, 0.25) is 0 Å². The first-order valence-electron chi connectivity index (χ1n) is 5.61. The molecule has 0 fully saturated rings. The number of rotatable bonds is 7. The molecule has 2 nitrogen and oxygen atoms in total. The van der Waals surface area contributed by atoms with Crippen molar-refractivity contribution < 1.29 is 9.53 Å². The number of benzene rings is 1. The monoisotopic (exact) mass is 238 g/mol. The standard InChI is InChI=1S/C13H18O2S/c1-3-9-16-10-13(14)11-5-7-12(8-6-11)15-4-2/h5-8H,3-4,9-10H2,1-2H3. The minimum absolute atomic E-state index is 0.196. The first-order valence-corrected chi connectivity index (χ1v) is 6.77. The zero-order valence-corrected chi connectivity index (χ0v) is 10.7. The van der Waals surface area contributed by atoms with Crippen molar-refractivity contribution in [3.8, 4) is 5.75 Å². The van der Waals surface area contributed by atoms with E-state index in [1.807, 2.05) is 31.2 Å². The lowest BCUT2D eigenvalue weighted by atomic mass is 10.1. The van der Waals surface area contributed by atoms with Crippen LogP contribution in [0.3, 0.4) is 0 Å². The van der Waals surface area contributed by atoms with Gasteiger partial charge in [0.25, 0.3) is 0 Å². The molecule has 1 aromatic carbocycles. The minimum atomic E-state index is 0.196. The summed E-state index contributed by atoms with van der Waals surface area (Å²) in [4.78, 5) is 11.7. The Morgan fingerprint density at radius 1 is 1.25 bits per heavy atom. The lowest BCUT2D eigenvalue weighted by molar-refractivity contribution is 0.102. The maximum Gasteiger partial charge on any atom is 0.172 e. The lowest BCUT2D eigenvalue weighted by Crippen LogP contribution is -2.03. The van der Waals surface area contributed by atoms with E-state index in [1.165, 1.54) is 0 Å². The van der Waals surface area contributed by atoms with Crippen molar-refractivity contribution in [2.45, 2.75) is 20.3 Å². The fourth-order valence-electron chi connectivity index (χ4n) is 1.30. The Kier molecular flexibility index (Phi) is 6.01. The summed E-state index contributed by atoms with van der Waals surface area (Å²) in [5, 5.41) is 0. The predicted molar refractivity (Wildman–Crippen MR) is 69.6 cm³/mol. The van der Waals surface area contributed by atoms with E-state index in [0.717, 1.165) is 23.5 Å². The Bertz CT molecular complexity index is 319. The molecule has 0 amide bonds. The van der Waals surface area contributed by atoms with Crippen molar-refractivity contribution in [2.75, 3.05) is 18.1 Å². The van der Waals surface area contributed by atoms with E-state index in [0.29, 0.717) is 12.4 Å². The number of carbonyl (C=O) groups excluding carboxylic acids is 1. The van der Waals surface area contributed by atoms with Crippen molar-refractivity contribution in [2.24, 2.45) is 0 Å². The lowest BCUT2D eigenvalue weighted by Gasteiger charge is -2.04. The van der Waals surface area contributed by atoms with Gasteiger partial charge < -0.3 is 4.74 Å². The van der Waals surface area contributed by atoms with E-state index in [4.69, 9.17) is 4.74 Å². The number of ketones is 1. The minimum Gasteiger partial charge on any atom is -0.494 e. The summed E-state index contributed by atoms with van der Waals surface area (Å²) in [6.45, 7) is 4.72. The van der Waals surface area contributed by atoms with Crippen LogP contribution in [0.25, 0.3) is 0 Å². The summed E-state index contributed by atoms with van der Waals surface area (Å²) < 4.78 is 5.32. The van der Waals surface area contributed by atoms with Crippen LogP contribution in [0.15, 0.2) is 24.3 Å². The Labute approximate surface area is 101 Å². The summed E-state index contributed by atoms with van der Waals surface area (Å²) in [6, 6.07) is 7.36. The molecule has 1 aromatic rings. The third-order valence-corrected chi connectivity index (χ3v) is 3.23. The molecule has 0 radical (unpaired) electrons. The highest BCUT2D eigenvalue weighted by molar-refractivity contribution is 7.99. The van der Waals surface area contributed by atoms with Crippen molar-refractivity contribution in [3.63, 3.8) is 0 Å². The molecule has 3 heteroatoms. The Morgan fingerprint density at radius 3 is 2.50 bits per heavy atom. The summed E-state index contributed by atoms with van der Waals surface area (Å²) in [6.07, 6.45) is 1.11. The van der Waals surface area contributed by atoms with Gasteiger partial charge in [0, 0.05) is 5.56 Å². The SMILES string of the molecule is CCCSCC(=O)c1ccc(OCC)cc1. The maximum atomic E-state index is 11.7. The van der Waals surface area contributed by atoms with Gasteiger partial charge >= 0.3 is 0 Å². The highest BCUT2D eigenvalue weighted by Gasteiger charge is 2.05. The molecule has 0 aliphatic rings. The normalized spacial score (nSPS) is 10.1. The third-order valence-electron chi connectivity index (χ3n) is 2.07. The first-order chi connectivity index (χ1) is 7.77. The molecule has 0 saturated heterocycles. The molecule has 0 aromatic heterocycles. The van der Waals surface area contributed by atoms with Gasteiger partial charge in [-0.25, -0.2) is 0 Å². The van der Waals surface area contributed by atoms with E-state index >= 15 is 0 Å². The maximum absolute atomic E-state index is 11.7. The molecule has 1 rings (SSSR count). The largest absolute Gasteiger partial charge is 0.494 e.